The van der Waals surface area contributed by atoms with Gasteiger partial charge in [-0.05, 0) is 60.0 Å². The lowest BCUT2D eigenvalue weighted by Crippen LogP contribution is -2.09. The third kappa shape index (κ3) is 6.41. The molecule has 0 radical (unpaired) electrons. The molecule has 0 amide bonds. The van der Waals surface area contributed by atoms with Crippen LogP contribution in [0.5, 0.6) is 5.75 Å². The molecule has 186 valence electrons. The van der Waals surface area contributed by atoms with Crippen molar-refractivity contribution in [2.24, 2.45) is 0 Å². The first-order chi connectivity index (χ1) is 16.9. The second-order valence-corrected chi connectivity index (χ2v) is 7.48. The highest BCUT2D eigenvalue weighted by atomic mass is 19.4. The van der Waals surface area contributed by atoms with Crippen LogP contribution in [0, 0.1) is 11.3 Å². The Labute approximate surface area is 202 Å². The fraction of sp³-hybridized carbons (Fsp3) is 0.160. The molecule has 5 nitrogen and oxygen atoms in total. The van der Waals surface area contributed by atoms with Crippen LogP contribution in [-0.4, -0.2) is 21.6 Å². The van der Waals surface area contributed by atoms with E-state index >= 15 is 0 Å². The molecule has 11 heteroatoms. The summed E-state index contributed by atoms with van der Waals surface area (Å²) in [6.45, 7) is 4.83. The zero-order valence-electron chi connectivity index (χ0n) is 18.7. The van der Waals surface area contributed by atoms with E-state index in [1.807, 2.05) is 6.07 Å². The van der Waals surface area contributed by atoms with Gasteiger partial charge in [-0.25, -0.2) is 5.10 Å². The van der Waals surface area contributed by atoms with Crippen LogP contribution in [-0.2, 0) is 12.8 Å². The van der Waals surface area contributed by atoms with Gasteiger partial charge in [-0.2, -0.15) is 31.6 Å². The molecule has 0 aliphatic carbocycles. The fourth-order valence-corrected chi connectivity index (χ4v) is 3.16. The number of hydrogen-bond donors (Lipinski definition) is 1. The number of H-pyrrole nitrogens is 1. The summed E-state index contributed by atoms with van der Waals surface area (Å²) in [6.07, 6.45) is -6.11. The summed E-state index contributed by atoms with van der Waals surface area (Å²) >= 11 is 0. The Bertz CT molecular complexity index is 1360. The smallest absolute Gasteiger partial charge is 0.416 e. The normalized spacial score (nSPS) is 12.6. The number of nitrogens with zero attached hydrogens (tertiary/aromatic N) is 3. The highest BCUT2D eigenvalue weighted by Gasteiger charge is 2.31. The molecular weight excluding hydrogens is 486 g/mol. The van der Waals surface area contributed by atoms with E-state index in [0.717, 1.165) is 24.3 Å². The number of alkyl halides is 6. The first-order valence-electron chi connectivity index (χ1n) is 10.3. The van der Waals surface area contributed by atoms with Crippen molar-refractivity contribution in [2.45, 2.75) is 25.9 Å². The van der Waals surface area contributed by atoms with Crippen LogP contribution in [0.25, 0.3) is 16.8 Å². The molecule has 0 spiro atoms. The highest BCUT2D eigenvalue weighted by molar-refractivity contribution is 5.78. The van der Waals surface area contributed by atoms with E-state index in [1.165, 1.54) is 43.3 Å². The van der Waals surface area contributed by atoms with Gasteiger partial charge < -0.3 is 4.74 Å². The topological polar surface area (TPSA) is 74.6 Å². The first-order valence-corrected chi connectivity index (χ1v) is 10.3. The molecule has 1 heterocycles. The van der Waals surface area contributed by atoms with Gasteiger partial charge in [-0.15, -0.1) is 5.10 Å². The van der Waals surface area contributed by atoms with Crippen molar-refractivity contribution in [3.8, 4) is 23.1 Å². The molecule has 2 aromatic carbocycles. The number of benzene rings is 2. The van der Waals surface area contributed by atoms with E-state index in [4.69, 9.17) is 4.74 Å². The molecule has 1 aromatic heterocycles. The minimum Gasteiger partial charge on any atom is -0.489 e. The van der Waals surface area contributed by atoms with Crippen molar-refractivity contribution < 1.29 is 31.1 Å². The van der Waals surface area contributed by atoms with Crippen LogP contribution in [0.3, 0.4) is 0 Å². The molecule has 0 atom stereocenters. The Hall–Kier alpha value is -4.33. The van der Waals surface area contributed by atoms with E-state index in [0.29, 0.717) is 11.1 Å². The lowest BCUT2D eigenvalue weighted by atomic mass is 10.0. The maximum absolute atomic E-state index is 13.0. The monoisotopic (exact) mass is 504 g/mol. The number of hydrogen-bond acceptors (Lipinski definition) is 4. The van der Waals surface area contributed by atoms with Crippen molar-refractivity contribution >= 4 is 5.57 Å². The van der Waals surface area contributed by atoms with Crippen LogP contribution in [0.15, 0.2) is 72.8 Å². The lowest BCUT2D eigenvalue weighted by molar-refractivity contribution is -0.137. The molecule has 0 unspecified atom stereocenters. The third-order valence-corrected chi connectivity index (χ3v) is 4.97. The highest BCUT2D eigenvalue weighted by Crippen LogP contribution is 2.33. The van der Waals surface area contributed by atoms with Gasteiger partial charge in [0.25, 0.3) is 0 Å². The van der Waals surface area contributed by atoms with Gasteiger partial charge in [0.05, 0.1) is 11.1 Å². The molecule has 0 fully saturated rings. The molecule has 3 aromatic rings. The number of ether oxygens (including phenoxy) is 1. The average Bonchev–Trinajstić information content (AvgIpc) is 3.31. The Balaban J connectivity index is 1.96. The lowest BCUT2D eigenvalue weighted by Gasteiger charge is -2.13. The Morgan fingerprint density at radius 3 is 2.50 bits per heavy atom. The van der Waals surface area contributed by atoms with Crippen molar-refractivity contribution in [1.29, 1.82) is 5.26 Å². The zero-order valence-corrected chi connectivity index (χ0v) is 18.7. The van der Waals surface area contributed by atoms with Gasteiger partial charge in [-0.3, -0.25) is 0 Å². The van der Waals surface area contributed by atoms with Gasteiger partial charge in [0, 0.05) is 5.56 Å². The predicted octanol–water partition coefficient (Wildman–Crippen LogP) is 7.02. The SMILES string of the molecule is C=C(/C=C\C(=C/C)C(F)(F)F)c1cc(OCc2cccc(C(F)(F)F)c2)cc(-c2nn[nH]c2C#N)c1. The molecule has 3 rings (SSSR count). The van der Waals surface area contributed by atoms with Gasteiger partial charge in [0.1, 0.15) is 24.1 Å². The first kappa shape index (κ1) is 26.3. The second-order valence-electron chi connectivity index (χ2n) is 7.48. The number of allylic oxidation sites excluding steroid dienone is 5. The third-order valence-electron chi connectivity index (χ3n) is 4.97. The molecule has 0 saturated heterocycles. The Kier molecular flexibility index (Phi) is 7.68. The van der Waals surface area contributed by atoms with Gasteiger partial charge in [-0.1, -0.05) is 36.1 Å². The minimum atomic E-state index is -4.55. The molecule has 0 aliphatic rings. The van der Waals surface area contributed by atoms with E-state index in [1.54, 1.807) is 0 Å². The molecule has 0 bridgehead atoms. The van der Waals surface area contributed by atoms with Gasteiger partial charge in [0.15, 0.2) is 5.69 Å². The number of nitrogens with one attached hydrogen (secondary N) is 1. The Morgan fingerprint density at radius 2 is 1.86 bits per heavy atom. The van der Waals surface area contributed by atoms with Crippen molar-refractivity contribution in [3.05, 3.63) is 95.2 Å². The summed E-state index contributed by atoms with van der Waals surface area (Å²) in [4.78, 5) is 0. The molecular formula is C25H18F6N4O. The van der Waals surface area contributed by atoms with Crippen LogP contribution >= 0.6 is 0 Å². The van der Waals surface area contributed by atoms with Crippen molar-refractivity contribution in [2.75, 3.05) is 0 Å². The molecule has 36 heavy (non-hydrogen) atoms. The van der Waals surface area contributed by atoms with Crippen molar-refractivity contribution in [1.82, 2.24) is 15.4 Å². The van der Waals surface area contributed by atoms with Gasteiger partial charge in [0.2, 0.25) is 0 Å². The van der Waals surface area contributed by atoms with Crippen molar-refractivity contribution in [3.63, 3.8) is 0 Å². The second kappa shape index (κ2) is 10.5. The summed E-state index contributed by atoms with van der Waals surface area (Å²) in [5.41, 5.74) is -0.397. The minimum absolute atomic E-state index is 0.0328. The number of nitriles is 1. The van der Waals surface area contributed by atoms with Gasteiger partial charge >= 0.3 is 12.4 Å². The number of aromatic nitrogens is 3. The summed E-state index contributed by atoms with van der Waals surface area (Å²) in [5.74, 6) is 0.170. The standard InChI is InChI=1S/C25H18F6N4O/c1-3-19(24(26,27)28)8-7-15(2)17-10-18(23-22(13-32)33-35-34-23)12-21(11-17)36-14-16-5-4-6-20(9-16)25(29,30)31/h3-12H,2,14H2,1H3,(H,33,34,35)/b8-7-,19-3+. The molecule has 0 aliphatic heterocycles. The van der Waals surface area contributed by atoms with E-state index in [-0.39, 0.29) is 34.9 Å². The van der Waals surface area contributed by atoms with E-state index < -0.39 is 23.5 Å². The summed E-state index contributed by atoms with van der Waals surface area (Å²) in [7, 11) is 0. The Morgan fingerprint density at radius 1 is 1.11 bits per heavy atom. The maximum Gasteiger partial charge on any atom is 0.416 e. The van der Waals surface area contributed by atoms with E-state index in [9.17, 15) is 31.6 Å². The quantitative estimate of drug-likeness (QED) is 0.277. The van der Waals surface area contributed by atoms with Crippen LogP contribution in [0.1, 0.15) is 29.3 Å². The largest absolute Gasteiger partial charge is 0.489 e. The van der Waals surface area contributed by atoms with Crippen LogP contribution in [0.4, 0.5) is 26.3 Å². The zero-order chi connectivity index (χ0) is 26.5. The number of aromatic amines is 1. The van der Waals surface area contributed by atoms with Crippen LogP contribution in [0.2, 0.25) is 0 Å². The summed E-state index contributed by atoms with van der Waals surface area (Å²) in [6, 6.07) is 11.0. The number of halogens is 6. The average molecular weight is 504 g/mol. The number of rotatable bonds is 7. The fourth-order valence-electron chi connectivity index (χ4n) is 3.16. The van der Waals surface area contributed by atoms with Crippen LogP contribution < -0.4 is 4.74 Å². The summed E-state index contributed by atoms with van der Waals surface area (Å²) < 4.78 is 83.9. The predicted molar refractivity (Wildman–Crippen MR) is 120 cm³/mol. The molecule has 0 saturated carbocycles. The van der Waals surface area contributed by atoms with E-state index in [2.05, 4.69) is 22.0 Å². The summed E-state index contributed by atoms with van der Waals surface area (Å²) in [5, 5.41) is 19.2. The maximum atomic E-state index is 13.0. The molecule has 1 N–H and O–H groups in total.